The summed E-state index contributed by atoms with van der Waals surface area (Å²) < 4.78 is 0. The van der Waals surface area contributed by atoms with Gasteiger partial charge >= 0.3 is 0 Å². The lowest BCUT2D eigenvalue weighted by molar-refractivity contribution is -0.129. The van der Waals surface area contributed by atoms with Crippen LogP contribution in [0, 0.1) is 0 Å². The Hall–Kier alpha value is -0.120. The molecule has 0 saturated heterocycles. The Morgan fingerprint density at radius 2 is 2.22 bits per heavy atom. The van der Waals surface area contributed by atoms with Crippen LogP contribution < -0.4 is 5.73 Å². The number of nitrogens with two attached hydrogens (primary N) is 1. The molecular formula is C6H16N2O. The molecule has 1 atom stereocenters. The van der Waals surface area contributed by atoms with Crippen molar-refractivity contribution in [2.24, 2.45) is 5.73 Å². The molecule has 0 fully saturated rings. The van der Waals surface area contributed by atoms with E-state index in [9.17, 15) is 0 Å². The van der Waals surface area contributed by atoms with Gasteiger partial charge in [0.1, 0.15) is 0 Å². The van der Waals surface area contributed by atoms with Crippen molar-refractivity contribution in [1.82, 2.24) is 5.06 Å². The van der Waals surface area contributed by atoms with Crippen molar-refractivity contribution < 1.29 is 4.84 Å². The molecule has 2 N–H and O–H groups in total. The second-order valence-electron chi connectivity index (χ2n) is 2.14. The number of hydroxylamine groups is 2. The van der Waals surface area contributed by atoms with Crippen LogP contribution in [0.4, 0.5) is 0 Å². The molecule has 1 unspecified atom stereocenters. The molecule has 0 saturated carbocycles. The van der Waals surface area contributed by atoms with Gasteiger partial charge in [-0.15, -0.1) is 0 Å². The van der Waals surface area contributed by atoms with Crippen molar-refractivity contribution in [2.75, 3.05) is 20.2 Å². The van der Waals surface area contributed by atoms with Gasteiger partial charge in [0.15, 0.2) is 0 Å². The van der Waals surface area contributed by atoms with Gasteiger partial charge in [-0.2, -0.15) is 5.06 Å². The molecule has 3 heteroatoms. The summed E-state index contributed by atoms with van der Waals surface area (Å²) in [6.45, 7) is 5.68. The van der Waals surface area contributed by atoms with Crippen LogP contribution in [0.3, 0.4) is 0 Å². The average molecular weight is 132 g/mol. The van der Waals surface area contributed by atoms with Gasteiger partial charge in [0.2, 0.25) is 0 Å². The largest absolute Gasteiger partial charge is 0.327 e. The second-order valence-corrected chi connectivity index (χ2v) is 2.14. The molecule has 0 aromatic carbocycles. The lowest BCUT2D eigenvalue weighted by Gasteiger charge is -2.18. The Balaban J connectivity index is 3.31. The highest BCUT2D eigenvalue weighted by Gasteiger charge is 2.01. The first kappa shape index (κ1) is 8.88. The lowest BCUT2D eigenvalue weighted by Crippen LogP contribution is -2.34. The van der Waals surface area contributed by atoms with Crippen molar-refractivity contribution in [3.05, 3.63) is 0 Å². The minimum Gasteiger partial charge on any atom is -0.327 e. The highest BCUT2D eigenvalue weighted by atomic mass is 16.7. The summed E-state index contributed by atoms with van der Waals surface area (Å²) >= 11 is 0. The maximum absolute atomic E-state index is 5.52. The fourth-order valence-electron chi connectivity index (χ4n) is 0.654. The molecule has 0 radical (unpaired) electrons. The van der Waals surface area contributed by atoms with E-state index in [4.69, 9.17) is 10.6 Å². The Morgan fingerprint density at radius 3 is 2.33 bits per heavy atom. The number of hydrogen-bond donors (Lipinski definition) is 1. The van der Waals surface area contributed by atoms with E-state index in [2.05, 4.69) is 0 Å². The monoisotopic (exact) mass is 132 g/mol. The highest BCUT2D eigenvalue weighted by molar-refractivity contribution is 4.54. The first-order valence-corrected chi connectivity index (χ1v) is 3.25. The number of hydrogen-bond acceptors (Lipinski definition) is 3. The topological polar surface area (TPSA) is 38.5 Å². The minimum absolute atomic E-state index is 0.185. The highest BCUT2D eigenvalue weighted by Crippen LogP contribution is 1.87. The predicted molar refractivity (Wildman–Crippen MR) is 37.9 cm³/mol. The molecule has 3 nitrogen and oxygen atoms in total. The van der Waals surface area contributed by atoms with Gasteiger partial charge in [-0.3, -0.25) is 0 Å². The molecule has 0 aromatic rings. The van der Waals surface area contributed by atoms with E-state index in [1.807, 2.05) is 18.9 Å². The normalized spacial score (nSPS) is 14.3. The van der Waals surface area contributed by atoms with Crippen LogP contribution >= 0.6 is 0 Å². The number of nitrogens with zero attached hydrogens (tertiary/aromatic N) is 1. The fourth-order valence-corrected chi connectivity index (χ4v) is 0.654. The Bertz CT molecular complexity index is 62.1. The third kappa shape index (κ3) is 4.39. The van der Waals surface area contributed by atoms with Crippen molar-refractivity contribution in [3.8, 4) is 0 Å². The van der Waals surface area contributed by atoms with E-state index in [0.717, 1.165) is 13.1 Å². The van der Waals surface area contributed by atoms with Crippen LogP contribution in [0.15, 0.2) is 0 Å². The van der Waals surface area contributed by atoms with Crippen molar-refractivity contribution in [2.45, 2.75) is 19.9 Å². The number of rotatable bonds is 4. The maximum atomic E-state index is 5.52. The molecule has 9 heavy (non-hydrogen) atoms. The molecule has 0 aliphatic rings. The number of likely N-dealkylation sites (N-methyl/N-ethyl adjacent to an activating group) is 1. The first-order chi connectivity index (χ1) is 4.20. The summed E-state index contributed by atoms with van der Waals surface area (Å²) in [6.07, 6.45) is 0. The Kier molecular flexibility index (Phi) is 4.67. The van der Waals surface area contributed by atoms with E-state index in [-0.39, 0.29) is 6.04 Å². The van der Waals surface area contributed by atoms with E-state index in [1.54, 1.807) is 7.11 Å². The van der Waals surface area contributed by atoms with E-state index >= 15 is 0 Å². The van der Waals surface area contributed by atoms with Gasteiger partial charge in [-0.05, 0) is 6.92 Å². The Labute approximate surface area is 56.7 Å². The molecule has 0 spiro atoms. The van der Waals surface area contributed by atoms with Crippen LogP contribution in [0.1, 0.15) is 13.8 Å². The molecule has 0 aliphatic heterocycles. The van der Waals surface area contributed by atoms with Crippen molar-refractivity contribution in [3.63, 3.8) is 0 Å². The summed E-state index contributed by atoms with van der Waals surface area (Å²) in [5.41, 5.74) is 5.52. The van der Waals surface area contributed by atoms with E-state index < -0.39 is 0 Å². The molecule has 0 aliphatic carbocycles. The summed E-state index contributed by atoms with van der Waals surface area (Å²) in [5.74, 6) is 0. The molecular weight excluding hydrogens is 116 g/mol. The lowest BCUT2D eigenvalue weighted by atomic mass is 10.3. The van der Waals surface area contributed by atoms with Gasteiger partial charge in [-0.1, -0.05) is 6.92 Å². The Morgan fingerprint density at radius 1 is 1.67 bits per heavy atom. The fraction of sp³-hybridized carbons (Fsp3) is 1.00. The third-order valence-corrected chi connectivity index (χ3v) is 1.10. The van der Waals surface area contributed by atoms with Crippen LogP contribution in [0.25, 0.3) is 0 Å². The van der Waals surface area contributed by atoms with Crippen LogP contribution in [-0.4, -0.2) is 31.3 Å². The van der Waals surface area contributed by atoms with Gasteiger partial charge in [0, 0.05) is 19.1 Å². The summed E-state index contributed by atoms with van der Waals surface area (Å²) in [7, 11) is 1.66. The molecule has 0 heterocycles. The van der Waals surface area contributed by atoms with Gasteiger partial charge < -0.3 is 10.6 Å². The van der Waals surface area contributed by atoms with Gasteiger partial charge in [0.05, 0.1) is 7.11 Å². The van der Waals surface area contributed by atoms with E-state index in [1.165, 1.54) is 0 Å². The summed E-state index contributed by atoms with van der Waals surface area (Å²) in [4.78, 5) is 4.96. The predicted octanol–water partition coefficient (Wildman–Crippen LogP) is 0.217. The van der Waals surface area contributed by atoms with Gasteiger partial charge in [0.25, 0.3) is 0 Å². The smallest absolute Gasteiger partial charge is 0.0575 e. The first-order valence-electron chi connectivity index (χ1n) is 3.25. The summed E-state index contributed by atoms with van der Waals surface area (Å²) in [5, 5.41) is 1.82. The average Bonchev–Trinajstić information content (AvgIpc) is 1.82. The van der Waals surface area contributed by atoms with Crippen molar-refractivity contribution in [1.29, 1.82) is 0 Å². The minimum atomic E-state index is 0.185. The molecule has 0 amide bonds. The zero-order chi connectivity index (χ0) is 7.28. The molecule has 56 valence electrons. The second kappa shape index (κ2) is 4.73. The zero-order valence-electron chi connectivity index (χ0n) is 6.42. The molecule has 0 rings (SSSR count). The van der Waals surface area contributed by atoms with Gasteiger partial charge in [-0.25, -0.2) is 0 Å². The quantitative estimate of drug-likeness (QED) is 0.556. The van der Waals surface area contributed by atoms with Crippen molar-refractivity contribution >= 4 is 0 Å². The molecule has 0 bridgehead atoms. The third-order valence-electron chi connectivity index (χ3n) is 1.10. The maximum Gasteiger partial charge on any atom is 0.0575 e. The van der Waals surface area contributed by atoms with Crippen LogP contribution in [0.5, 0.6) is 0 Å². The van der Waals surface area contributed by atoms with E-state index in [0.29, 0.717) is 0 Å². The molecule has 0 aromatic heterocycles. The van der Waals surface area contributed by atoms with Crippen LogP contribution in [0.2, 0.25) is 0 Å². The van der Waals surface area contributed by atoms with Crippen LogP contribution in [-0.2, 0) is 4.84 Å². The summed E-state index contributed by atoms with van der Waals surface area (Å²) in [6, 6.07) is 0.185. The SMILES string of the molecule is CCN(CC(C)N)OC. The zero-order valence-corrected chi connectivity index (χ0v) is 6.42. The standard InChI is InChI=1S/C6H16N2O/c1-4-8(9-3)5-6(2)7/h6H,4-5,7H2,1-3H3.